The van der Waals surface area contributed by atoms with Crippen molar-refractivity contribution in [1.82, 2.24) is 0 Å². The largest absolute Gasteiger partial charge is 0.462 e. The summed E-state index contributed by atoms with van der Waals surface area (Å²) in [5.74, 6) is -2.49. The molecule has 122 valence electrons. The zero-order valence-electron chi connectivity index (χ0n) is 13.2. The van der Waals surface area contributed by atoms with E-state index in [1.165, 1.54) is 25.1 Å². The van der Waals surface area contributed by atoms with E-state index >= 15 is 0 Å². The van der Waals surface area contributed by atoms with Gasteiger partial charge in [0.2, 0.25) is 5.88 Å². The van der Waals surface area contributed by atoms with Gasteiger partial charge in [-0.2, -0.15) is 0 Å². The minimum atomic E-state index is -0.957. The summed E-state index contributed by atoms with van der Waals surface area (Å²) in [5, 5.41) is 0. The molecule has 1 aliphatic heterocycles. The van der Waals surface area contributed by atoms with Crippen molar-refractivity contribution in [2.45, 2.75) is 26.7 Å². The van der Waals surface area contributed by atoms with E-state index in [0.717, 1.165) is 0 Å². The van der Waals surface area contributed by atoms with Gasteiger partial charge in [-0.1, -0.05) is 18.2 Å². The molecule has 0 radical (unpaired) electrons. The Morgan fingerprint density at radius 3 is 2.52 bits per heavy atom. The summed E-state index contributed by atoms with van der Waals surface area (Å²) < 4.78 is 24.6. The highest BCUT2D eigenvalue weighted by Crippen LogP contribution is 2.41. The molecule has 0 saturated heterocycles. The smallest absolute Gasteiger partial charge is 0.340 e. The van der Waals surface area contributed by atoms with Crippen LogP contribution in [0.2, 0.25) is 0 Å². The number of allylic oxidation sites excluding steroid dienone is 2. The summed E-state index contributed by atoms with van der Waals surface area (Å²) in [6.45, 7) is 4.65. The number of benzene rings is 1. The number of nitrogens with two attached hydrogens (primary N) is 1. The molecular weight excluding hydrogens is 301 g/mol. The molecule has 0 aromatic heterocycles. The molecule has 1 aromatic rings. The van der Waals surface area contributed by atoms with Crippen LogP contribution in [0.3, 0.4) is 0 Å². The van der Waals surface area contributed by atoms with Crippen LogP contribution in [0, 0.1) is 5.82 Å². The third kappa shape index (κ3) is 3.11. The highest BCUT2D eigenvalue weighted by molar-refractivity contribution is 6.01. The van der Waals surface area contributed by atoms with E-state index in [9.17, 15) is 14.0 Å². The fraction of sp³-hybridized carbons (Fsp3) is 0.294. The molecule has 1 atom stereocenters. The standard InChI is InChI=1S/C17H18FNO4/c1-4-22-17(21)15-14(11-7-5-6-8-12(11)18)13(9(2)20)10(3)23-16(15)19/h5-8,14H,4,19H2,1-3H3/t14-/m0/s1. The summed E-state index contributed by atoms with van der Waals surface area (Å²) in [6, 6.07) is 5.92. The second-order valence-corrected chi connectivity index (χ2v) is 5.08. The van der Waals surface area contributed by atoms with Gasteiger partial charge >= 0.3 is 5.97 Å². The highest BCUT2D eigenvalue weighted by Gasteiger charge is 2.39. The van der Waals surface area contributed by atoms with Crippen molar-refractivity contribution < 1.29 is 23.5 Å². The average Bonchev–Trinajstić information content (AvgIpc) is 2.46. The number of hydrogen-bond acceptors (Lipinski definition) is 5. The highest BCUT2D eigenvalue weighted by atomic mass is 19.1. The maximum Gasteiger partial charge on any atom is 0.340 e. The molecule has 0 fully saturated rings. The maximum atomic E-state index is 14.3. The Bertz CT molecular complexity index is 721. The van der Waals surface area contributed by atoms with Gasteiger partial charge in [0, 0.05) is 11.1 Å². The Hall–Kier alpha value is -2.63. The second-order valence-electron chi connectivity index (χ2n) is 5.08. The normalized spacial score (nSPS) is 17.8. The first-order valence-corrected chi connectivity index (χ1v) is 7.19. The van der Waals surface area contributed by atoms with Crippen molar-refractivity contribution in [2.75, 3.05) is 6.61 Å². The zero-order valence-corrected chi connectivity index (χ0v) is 13.2. The lowest BCUT2D eigenvalue weighted by molar-refractivity contribution is -0.139. The third-order valence-corrected chi connectivity index (χ3v) is 3.58. The summed E-state index contributed by atoms with van der Waals surface area (Å²) in [5.41, 5.74) is 6.13. The molecule has 2 N–H and O–H groups in total. The van der Waals surface area contributed by atoms with Gasteiger partial charge in [-0.15, -0.1) is 0 Å². The van der Waals surface area contributed by atoms with E-state index in [1.54, 1.807) is 19.9 Å². The molecule has 23 heavy (non-hydrogen) atoms. The van der Waals surface area contributed by atoms with Gasteiger partial charge in [-0.25, -0.2) is 9.18 Å². The van der Waals surface area contributed by atoms with Gasteiger partial charge in [0.15, 0.2) is 5.78 Å². The van der Waals surface area contributed by atoms with Crippen LogP contribution in [0.1, 0.15) is 32.3 Å². The van der Waals surface area contributed by atoms with Crippen molar-refractivity contribution in [2.24, 2.45) is 5.73 Å². The lowest BCUT2D eigenvalue weighted by Gasteiger charge is -2.28. The van der Waals surface area contributed by atoms with Crippen molar-refractivity contribution in [3.05, 3.63) is 58.4 Å². The molecule has 0 bridgehead atoms. The number of halogens is 1. The van der Waals surface area contributed by atoms with E-state index in [1.807, 2.05) is 0 Å². The molecule has 1 aliphatic rings. The molecule has 0 amide bonds. The molecule has 0 aliphatic carbocycles. The molecule has 6 heteroatoms. The first-order chi connectivity index (χ1) is 10.9. The van der Waals surface area contributed by atoms with E-state index in [0.29, 0.717) is 0 Å². The molecule has 0 unspecified atom stereocenters. The Labute approximate surface area is 133 Å². The van der Waals surface area contributed by atoms with E-state index in [4.69, 9.17) is 15.2 Å². The average molecular weight is 319 g/mol. The molecule has 5 nitrogen and oxygen atoms in total. The fourth-order valence-electron chi connectivity index (χ4n) is 2.66. The first kappa shape index (κ1) is 16.7. The van der Waals surface area contributed by atoms with Gasteiger partial charge in [0.1, 0.15) is 17.1 Å². The van der Waals surface area contributed by atoms with Crippen LogP contribution >= 0.6 is 0 Å². The quantitative estimate of drug-likeness (QED) is 0.863. The monoisotopic (exact) mass is 319 g/mol. The number of hydrogen-bond donors (Lipinski definition) is 1. The lowest BCUT2D eigenvalue weighted by atomic mass is 9.81. The first-order valence-electron chi connectivity index (χ1n) is 7.19. The van der Waals surface area contributed by atoms with Crippen LogP contribution in [0.4, 0.5) is 4.39 Å². The van der Waals surface area contributed by atoms with E-state index in [2.05, 4.69) is 0 Å². The molecular formula is C17H18FNO4. The van der Waals surface area contributed by atoms with Crippen LogP contribution in [-0.4, -0.2) is 18.4 Å². The van der Waals surface area contributed by atoms with Gasteiger partial charge in [-0.3, -0.25) is 4.79 Å². The van der Waals surface area contributed by atoms with Crippen molar-refractivity contribution in [3.8, 4) is 0 Å². The second kappa shape index (κ2) is 6.64. The Kier molecular flexibility index (Phi) is 4.83. The van der Waals surface area contributed by atoms with Gasteiger partial charge < -0.3 is 15.2 Å². The molecule has 2 rings (SSSR count). The zero-order chi connectivity index (χ0) is 17.1. The van der Waals surface area contributed by atoms with Crippen molar-refractivity contribution >= 4 is 11.8 Å². The van der Waals surface area contributed by atoms with E-state index < -0.39 is 17.7 Å². The van der Waals surface area contributed by atoms with Crippen LogP contribution in [-0.2, 0) is 19.1 Å². The Morgan fingerprint density at radius 1 is 1.30 bits per heavy atom. The van der Waals surface area contributed by atoms with Crippen LogP contribution in [0.15, 0.2) is 47.1 Å². The fourth-order valence-corrected chi connectivity index (χ4v) is 2.66. The number of Topliss-reactive ketones (excluding diaryl/α,β-unsaturated/α-hetero) is 1. The van der Waals surface area contributed by atoms with Crippen LogP contribution in [0.5, 0.6) is 0 Å². The lowest BCUT2D eigenvalue weighted by Crippen LogP contribution is -2.29. The predicted molar refractivity (Wildman–Crippen MR) is 81.5 cm³/mol. The SMILES string of the molecule is CCOC(=O)C1=C(N)OC(C)=C(C(C)=O)[C@@H]1c1ccccc1F. The summed E-state index contributed by atoms with van der Waals surface area (Å²) in [6.07, 6.45) is 0. The van der Waals surface area contributed by atoms with Crippen LogP contribution in [0.25, 0.3) is 0 Å². The molecule has 1 heterocycles. The van der Waals surface area contributed by atoms with Gasteiger partial charge in [0.05, 0.1) is 12.5 Å². The third-order valence-electron chi connectivity index (χ3n) is 3.58. The summed E-state index contributed by atoms with van der Waals surface area (Å²) >= 11 is 0. The number of esters is 1. The summed E-state index contributed by atoms with van der Waals surface area (Å²) in [4.78, 5) is 24.3. The minimum Gasteiger partial charge on any atom is -0.462 e. The van der Waals surface area contributed by atoms with E-state index in [-0.39, 0.29) is 40.7 Å². The topological polar surface area (TPSA) is 78.6 Å². The molecule has 0 spiro atoms. The Balaban J connectivity index is 2.69. The number of carbonyl (C=O) groups excluding carboxylic acids is 2. The predicted octanol–water partition coefficient (Wildman–Crippen LogP) is 2.54. The van der Waals surface area contributed by atoms with Gasteiger partial charge in [-0.05, 0) is 26.8 Å². The van der Waals surface area contributed by atoms with Crippen LogP contribution < -0.4 is 5.73 Å². The molecule has 0 saturated carbocycles. The number of ketones is 1. The van der Waals surface area contributed by atoms with Crippen molar-refractivity contribution in [1.29, 1.82) is 0 Å². The summed E-state index contributed by atoms with van der Waals surface area (Å²) in [7, 11) is 0. The number of carbonyl (C=O) groups is 2. The number of rotatable bonds is 4. The van der Waals surface area contributed by atoms with Gasteiger partial charge in [0.25, 0.3) is 0 Å². The maximum absolute atomic E-state index is 14.3. The Morgan fingerprint density at radius 2 is 1.96 bits per heavy atom. The molecule has 1 aromatic carbocycles. The number of ether oxygens (including phenoxy) is 2. The van der Waals surface area contributed by atoms with Crippen molar-refractivity contribution in [3.63, 3.8) is 0 Å². The minimum absolute atomic E-state index is 0.0623.